The van der Waals surface area contributed by atoms with E-state index < -0.39 is 29.3 Å². The van der Waals surface area contributed by atoms with Crippen molar-refractivity contribution < 1.29 is 28.8 Å². The van der Waals surface area contributed by atoms with Crippen LogP contribution >= 0.6 is 0 Å². The van der Waals surface area contributed by atoms with E-state index >= 15 is 0 Å². The third-order valence-corrected chi connectivity index (χ3v) is 5.26. The molecular weight excluding hydrogens is 418 g/mol. The number of carbonyl (C=O) groups excluding carboxylic acids is 3. The van der Waals surface area contributed by atoms with Gasteiger partial charge in [0.05, 0.1) is 24.0 Å². The van der Waals surface area contributed by atoms with Crippen molar-refractivity contribution in [2.45, 2.75) is 19.4 Å². The van der Waals surface area contributed by atoms with Crippen LogP contribution in [-0.4, -0.2) is 47.9 Å². The Morgan fingerprint density at radius 1 is 1.25 bits per heavy atom. The third-order valence-electron chi connectivity index (χ3n) is 5.26. The van der Waals surface area contributed by atoms with Crippen molar-refractivity contribution in [3.63, 3.8) is 0 Å². The first-order chi connectivity index (χ1) is 15.3. The number of anilines is 1. The molecule has 1 saturated heterocycles. The van der Waals surface area contributed by atoms with Crippen LogP contribution in [0.25, 0.3) is 0 Å². The van der Waals surface area contributed by atoms with Crippen molar-refractivity contribution in [2.24, 2.45) is 5.92 Å². The molecule has 1 aliphatic heterocycles. The van der Waals surface area contributed by atoms with Gasteiger partial charge < -0.3 is 19.7 Å². The quantitative estimate of drug-likeness (QED) is 0.379. The summed E-state index contributed by atoms with van der Waals surface area (Å²) in [5.41, 5.74) is 0.556. The van der Waals surface area contributed by atoms with Crippen LogP contribution in [0.5, 0.6) is 5.75 Å². The summed E-state index contributed by atoms with van der Waals surface area (Å²) < 4.78 is 10.1. The van der Waals surface area contributed by atoms with E-state index in [0.29, 0.717) is 5.75 Å². The second-order valence-corrected chi connectivity index (χ2v) is 7.33. The molecular formula is C22H23N3O7. The number of nitro benzene ring substituents is 1. The predicted molar refractivity (Wildman–Crippen MR) is 114 cm³/mol. The molecule has 0 aromatic heterocycles. The molecule has 10 heteroatoms. The first kappa shape index (κ1) is 22.7. The van der Waals surface area contributed by atoms with Gasteiger partial charge in [0, 0.05) is 25.1 Å². The average Bonchev–Trinajstić information content (AvgIpc) is 3.18. The molecule has 0 aliphatic carbocycles. The highest BCUT2D eigenvalue weighted by Gasteiger charge is 2.38. The molecule has 1 heterocycles. The van der Waals surface area contributed by atoms with Crippen molar-refractivity contribution in [2.75, 3.05) is 25.6 Å². The lowest BCUT2D eigenvalue weighted by Crippen LogP contribution is -2.30. The van der Waals surface area contributed by atoms with E-state index in [1.54, 1.807) is 4.90 Å². The maximum atomic E-state index is 12.4. The number of hydrogen-bond donors (Lipinski definition) is 1. The molecule has 10 nitrogen and oxygen atoms in total. The number of hydrogen-bond acceptors (Lipinski definition) is 7. The largest absolute Gasteiger partial charge is 0.497 e. The highest BCUT2D eigenvalue weighted by molar-refractivity contribution is 5.95. The van der Waals surface area contributed by atoms with Gasteiger partial charge in [0.25, 0.3) is 11.6 Å². The fraction of sp³-hybridized carbons (Fsp3) is 0.318. The van der Waals surface area contributed by atoms with Crippen LogP contribution in [0.3, 0.4) is 0 Å². The van der Waals surface area contributed by atoms with Gasteiger partial charge in [-0.15, -0.1) is 0 Å². The summed E-state index contributed by atoms with van der Waals surface area (Å²) in [6, 6.07) is 13.2. The fourth-order valence-electron chi connectivity index (χ4n) is 3.52. The Hall–Kier alpha value is -3.95. The Morgan fingerprint density at radius 2 is 1.97 bits per heavy atom. The lowest BCUT2D eigenvalue weighted by atomic mass is 10.1. The zero-order valence-corrected chi connectivity index (χ0v) is 17.6. The minimum Gasteiger partial charge on any atom is -0.497 e. The molecule has 1 aliphatic rings. The maximum absolute atomic E-state index is 12.4. The highest BCUT2D eigenvalue weighted by atomic mass is 16.6. The van der Waals surface area contributed by atoms with Gasteiger partial charge in [-0.3, -0.25) is 24.5 Å². The van der Waals surface area contributed by atoms with Crippen molar-refractivity contribution in [3.05, 3.63) is 64.2 Å². The third kappa shape index (κ3) is 5.20. The van der Waals surface area contributed by atoms with Crippen LogP contribution in [0.2, 0.25) is 0 Å². The van der Waals surface area contributed by atoms with E-state index in [0.717, 1.165) is 5.56 Å². The van der Waals surface area contributed by atoms with Gasteiger partial charge in [0.2, 0.25) is 5.91 Å². The predicted octanol–water partition coefficient (Wildman–Crippen LogP) is 2.69. The second kappa shape index (κ2) is 9.90. The van der Waals surface area contributed by atoms with Crippen LogP contribution in [0.1, 0.15) is 24.9 Å². The summed E-state index contributed by atoms with van der Waals surface area (Å²) in [6.45, 7) is 1.44. The van der Waals surface area contributed by atoms with Crippen LogP contribution in [0.15, 0.2) is 48.5 Å². The summed E-state index contributed by atoms with van der Waals surface area (Å²) >= 11 is 0. The molecule has 3 rings (SSSR count). The number of benzene rings is 2. The minimum absolute atomic E-state index is 0.00101. The van der Waals surface area contributed by atoms with Crippen LogP contribution in [-0.2, 0) is 19.1 Å². The SMILES string of the molecule is COc1ccc([N+](=O)[O-])c(NC(=O)COC(=O)[C@@H]2CC(=O)N([C@H](C)c3ccccc3)C2)c1. The molecule has 2 atom stereocenters. The number of rotatable bonds is 8. The first-order valence-electron chi connectivity index (χ1n) is 9.93. The number of nitro groups is 1. The standard InChI is InChI=1S/C22H23N3O7/c1-14(15-6-4-3-5-7-15)24-12-16(10-21(24)27)22(28)32-13-20(26)23-18-11-17(31-2)8-9-19(18)25(29)30/h3-9,11,14,16H,10,12-13H2,1-2H3,(H,23,26)/t14-,16-/m1/s1. The van der Waals surface area contributed by atoms with Crippen LogP contribution in [0, 0.1) is 16.0 Å². The summed E-state index contributed by atoms with van der Waals surface area (Å²) in [7, 11) is 1.39. The fourth-order valence-corrected chi connectivity index (χ4v) is 3.52. The molecule has 0 radical (unpaired) electrons. The topological polar surface area (TPSA) is 128 Å². The van der Waals surface area contributed by atoms with Crippen molar-refractivity contribution in [1.82, 2.24) is 4.90 Å². The average molecular weight is 441 g/mol. The molecule has 0 saturated carbocycles. The lowest BCUT2D eigenvalue weighted by Gasteiger charge is -2.25. The van der Waals surface area contributed by atoms with Crippen LogP contribution in [0.4, 0.5) is 11.4 Å². The van der Waals surface area contributed by atoms with Crippen molar-refractivity contribution in [1.29, 1.82) is 0 Å². The Morgan fingerprint density at radius 3 is 2.62 bits per heavy atom. The lowest BCUT2D eigenvalue weighted by molar-refractivity contribution is -0.383. The Kier molecular flexibility index (Phi) is 7.04. The Bertz CT molecular complexity index is 1030. The molecule has 2 aromatic rings. The first-order valence-corrected chi connectivity index (χ1v) is 9.93. The van der Waals surface area contributed by atoms with E-state index in [1.807, 2.05) is 37.3 Å². The molecule has 2 aromatic carbocycles. The molecule has 168 valence electrons. The second-order valence-electron chi connectivity index (χ2n) is 7.33. The number of carbonyl (C=O) groups is 3. The number of nitrogens with one attached hydrogen (secondary N) is 1. The van der Waals surface area contributed by atoms with Gasteiger partial charge in [-0.05, 0) is 18.6 Å². The maximum Gasteiger partial charge on any atom is 0.311 e. The number of amides is 2. The summed E-state index contributed by atoms with van der Waals surface area (Å²) in [4.78, 5) is 49.1. The summed E-state index contributed by atoms with van der Waals surface area (Å²) in [5, 5.41) is 13.5. The zero-order chi connectivity index (χ0) is 23.3. The Labute approximate surface area is 184 Å². The molecule has 1 N–H and O–H groups in total. The zero-order valence-electron chi connectivity index (χ0n) is 17.6. The van der Waals surface area contributed by atoms with Gasteiger partial charge in [-0.2, -0.15) is 0 Å². The minimum atomic E-state index is -0.742. The number of esters is 1. The van der Waals surface area contributed by atoms with Gasteiger partial charge >= 0.3 is 5.97 Å². The smallest absolute Gasteiger partial charge is 0.311 e. The number of ether oxygens (including phenoxy) is 2. The molecule has 1 fully saturated rings. The monoisotopic (exact) mass is 441 g/mol. The summed E-state index contributed by atoms with van der Waals surface area (Å²) in [5.74, 6) is -1.95. The van der Waals surface area contributed by atoms with E-state index in [1.165, 1.54) is 25.3 Å². The molecule has 2 amide bonds. The van der Waals surface area contributed by atoms with E-state index in [4.69, 9.17) is 9.47 Å². The van der Waals surface area contributed by atoms with E-state index in [9.17, 15) is 24.5 Å². The van der Waals surface area contributed by atoms with E-state index in [-0.39, 0.29) is 36.3 Å². The number of methoxy groups -OCH3 is 1. The van der Waals surface area contributed by atoms with Gasteiger partial charge in [0.15, 0.2) is 6.61 Å². The molecule has 0 unspecified atom stereocenters. The number of likely N-dealkylation sites (tertiary alicyclic amines) is 1. The highest BCUT2D eigenvalue weighted by Crippen LogP contribution is 2.30. The van der Waals surface area contributed by atoms with Crippen LogP contribution < -0.4 is 10.1 Å². The summed E-state index contributed by atoms with van der Waals surface area (Å²) in [6.07, 6.45) is -0.00101. The van der Waals surface area contributed by atoms with Crippen molar-refractivity contribution in [3.8, 4) is 5.75 Å². The van der Waals surface area contributed by atoms with Crippen molar-refractivity contribution >= 4 is 29.2 Å². The van der Waals surface area contributed by atoms with Gasteiger partial charge in [0.1, 0.15) is 11.4 Å². The van der Waals surface area contributed by atoms with Gasteiger partial charge in [-0.1, -0.05) is 30.3 Å². The molecule has 0 bridgehead atoms. The van der Waals surface area contributed by atoms with Gasteiger partial charge in [-0.25, -0.2) is 0 Å². The molecule has 32 heavy (non-hydrogen) atoms. The Balaban J connectivity index is 1.56. The van der Waals surface area contributed by atoms with E-state index in [2.05, 4.69) is 5.32 Å². The molecule has 0 spiro atoms. The normalized spacial score (nSPS) is 16.4. The number of nitrogens with zero attached hydrogens (tertiary/aromatic N) is 2.